The Morgan fingerprint density at radius 3 is 2.61 bits per heavy atom. The van der Waals surface area contributed by atoms with Crippen molar-refractivity contribution in [1.82, 2.24) is 10.6 Å². The highest BCUT2D eigenvalue weighted by molar-refractivity contribution is 5.73. The number of aliphatic hydroxyl groups excluding tert-OH is 1. The van der Waals surface area contributed by atoms with Crippen molar-refractivity contribution in [3.63, 3.8) is 0 Å². The molecule has 2 fully saturated rings. The Kier molecular flexibility index (Phi) is 5.39. The van der Waals surface area contributed by atoms with Crippen molar-refractivity contribution in [3.8, 4) is 5.75 Å². The maximum atomic E-state index is 11.9. The first-order valence-electron chi connectivity index (χ1n) is 8.66. The Balaban J connectivity index is 1.44. The maximum Gasteiger partial charge on any atom is 0.315 e. The van der Waals surface area contributed by atoms with E-state index in [0.29, 0.717) is 19.2 Å². The molecular formula is C18H26N2O3. The normalized spacial score (nSPS) is 24.0. The lowest BCUT2D eigenvalue weighted by Gasteiger charge is -2.27. The molecule has 3 rings (SSSR count). The maximum absolute atomic E-state index is 11.9. The fourth-order valence-electron chi connectivity index (χ4n) is 3.15. The first-order valence-corrected chi connectivity index (χ1v) is 8.66. The van der Waals surface area contributed by atoms with Crippen molar-refractivity contribution in [1.29, 1.82) is 0 Å². The minimum Gasteiger partial charge on any atom is -0.490 e. The molecule has 0 unspecified atom stereocenters. The fraction of sp³-hybridized carbons (Fsp3) is 0.611. The van der Waals surface area contributed by atoms with E-state index in [4.69, 9.17) is 4.74 Å². The van der Waals surface area contributed by atoms with E-state index >= 15 is 0 Å². The molecule has 0 spiro atoms. The van der Waals surface area contributed by atoms with Gasteiger partial charge in [0.1, 0.15) is 5.75 Å². The minimum atomic E-state index is -0.271. The molecule has 0 aromatic heterocycles. The largest absolute Gasteiger partial charge is 0.490 e. The summed E-state index contributed by atoms with van der Waals surface area (Å²) < 4.78 is 5.96. The van der Waals surface area contributed by atoms with Crippen LogP contribution < -0.4 is 15.4 Å². The lowest BCUT2D eigenvalue weighted by Crippen LogP contribution is -2.39. The number of urea groups is 1. The summed E-state index contributed by atoms with van der Waals surface area (Å²) in [6.07, 6.45) is 6.40. The summed E-state index contributed by atoms with van der Waals surface area (Å²) in [5.74, 6) is 1.05. The summed E-state index contributed by atoms with van der Waals surface area (Å²) in [5.41, 5.74) is 0.996. The number of carbonyl (C=O) groups is 1. The van der Waals surface area contributed by atoms with Crippen molar-refractivity contribution in [2.24, 2.45) is 5.92 Å². The van der Waals surface area contributed by atoms with Crippen molar-refractivity contribution in [2.75, 3.05) is 6.54 Å². The second-order valence-electron chi connectivity index (χ2n) is 6.60. The number of hydrogen-bond acceptors (Lipinski definition) is 3. The lowest BCUT2D eigenvalue weighted by molar-refractivity contribution is 0.119. The molecule has 2 aliphatic carbocycles. The Morgan fingerprint density at radius 1 is 1.13 bits per heavy atom. The number of ether oxygens (including phenoxy) is 1. The smallest absolute Gasteiger partial charge is 0.315 e. The van der Waals surface area contributed by atoms with Crippen molar-refractivity contribution in [2.45, 2.75) is 57.3 Å². The standard InChI is InChI=1S/C18H26N2O3/c21-16-9-3-6-13(16)11-19-18(22)20-12-14-5-1-2-10-17(14)23-15-7-4-8-15/h1-2,5,10,13,15-16,21H,3-4,6-9,11-12H2,(H2,19,20,22)/t13-,16+/m1/s1. The van der Waals surface area contributed by atoms with Gasteiger partial charge in [0.2, 0.25) is 0 Å². The molecule has 2 saturated carbocycles. The lowest BCUT2D eigenvalue weighted by atomic mass is 9.96. The van der Waals surface area contributed by atoms with Gasteiger partial charge in [-0.15, -0.1) is 0 Å². The van der Waals surface area contributed by atoms with Gasteiger partial charge in [-0.05, 0) is 38.2 Å². The van der Waals surface area contributed by atoms with Gasteiger partial charge in [-0.2, -0.15) is 0 Å². The van der Waals surface area contributed by atoms with Gasteiger partial charge in [-0.1, -0.05) is 24.6 Å². The number of amides is 2. The monoisotopic (exact) mass is 318 g/mol. The second-order valence-corrected chi connectivity index (χ2v) is 6.60. The van der Waals surface area contributed by atoms with Gasteiger partial charge >= 0.3 is 6.03 Å². The van der Waals surface area contributed by atoms with Crippen molar-refractivity contribution < 1.29 is 14.6 Å². The Labute approximate surface area is 137 Å². The van der Waals surface area contributed by atoms with Gasteiger partial charge in [0, 0.05) is 24.6 Å². The van der Waals surface area contributed by atoms with E-state index in [1.54, 1.807) is 0 Å². The summed E-state index contributed by atoms with van der Waals surface area (Å²) in [5, 5.41) is 15.5. The zero-order chi connectivity index (χ0) is 16.1. The number of benzene rings is 1. The van der Waals surface area contributed by atoms with Crippen LogP contribution in [0.2, 0.25) is 0 Å². The van der Waals surface area contributed by atoms with Crippen molar-refractivity contribution >= 4 is 6.03 Å². The fourth-order valence-corrected chi connectivity index (χ4v) is 3.15. The molecule has 2 amide bonds. The number of nitrogens with one attached hydrogen (secondary N) is 2. The molecule has 0 bridgehead atoms. The molecule has 0 radical (unpaired) electrons. The highest BCUT2D eigenvalue weighted by atomic mass is 16.5. The predicted octanol–water partition coefficient (Wildman–Crippen LogP) is 2.58. The molecule has 2 atom stereocenters. The van der Waals surface area contributed by atoms with E-state index in [1.807, 2.05) is 24.3 Å². The number of hydrogen-bond donors (Lipinski definition) is 3. The van der Waals surface area contributed by atoms with Crippen molar-refractivity contribution in [3.05, 3.63) is 29.8 Å². The summed E-state index contributed by atoms with van der Waals surface area (Å²) >= 11 is 0. The van der Waals surface area contributed by atoms with E-state index in [-0.39, 0.29) is 18.1 Å². The van der Waals surface area contributed by atoms with Gasteiger partial charge in [-0.25, -0.2) is 4.79 Å². The van der Waals surface area contributed by atoms with Gasteiger partial charge in [-0.3, -0.25) is 0 Å². The summed E-state index contributed by atoms with van der Waals surface area (Å²) in [6.45, 7) is 0.981. The SMILES string of the molecule is O=C(NCc1ccccc1OC1CCC1)NC[C@H]1CCC[C@@H]1O. The number of aliphatic hydroxyl groups is 1. The van der Waals surface area contributed by atoms with E-state index in [9.17, 15) is 9.90 Å². The number of rotatable bonds is 6. The summed E-state index contributed by atoms with van der Waals surface area (Å²) in [7, 11) is 0. The van der Waals surface area contributed by atoms with E-state index in [2.05, 4.69) is 10.6 Å². The van der Waals surface area contributed by atoms with Crippen LogP contribution in [0, 0.1) is 5.92 Å². The molecule has 0 aliphatic heterocycles. The molecule has 23 heavy (non-hydrogen) atoms. The van der Waals surface area contributed by atoms with Crippen LogP contribution in [0.5, 0.6) is 5.75 Å². The quantitative estimate of drug-likeness (QED) is 0.755. The van der Waals surface area contributed by atoms with Crippen LogP contribution in [0.4, 0.5) is 4.79 Å². The van der Waals surface area contributed by atoms with Gasteiger partial charge < -0.3 is 20.5 Å². The van der Waals surface area contributed by atoms with Crippen LogP contribution in [0.25, 0.3) is 0 Å². The first kappa shape index (κ1) is 16.1. The van der Waals surface area contributed by atoms with Crippen LogP contribution in [0.15, 0.2) is 24.3 Å². The second kappa shape index (κ2) is 7.68. The summed E-state index contributed by atoms with van der Waals surface area (Å²) in [6, 6.07) is 7.66. The molecule has 1 aromatic rings. The third kappa shape index (κ3) is 4.38. The Morgan fingerprint density at radius 2 is 1.91 bits per heavy atom. The third-order valence-corrected chi connectivity index (χ3v) is 4.90. The van der Waals surface area contributed by atoms with Gasteiger partial charge in [0.15, 0.2) is 0 Å². The van der Waals surface area contributed by atoms with E-state index < -0.39 is 0 Å². The molecule has 126 valence electrons. The van der Waals surface area contributed by atoms with Gasteiger partial charge in [0.05, 0.1) is 12.2 Å². The topological polar surface area (TPSA) is 70.6 Å². The van der Waals surface area contributed by atoms with E-state index in [1.165, 1.54) is 6.42 Å². The van der Waals surface area contributed by atoms with Crippen LogP contribution in [-0.2, 0) is 6.54 Å². The average Bonchev–Trinajstić information content (AvgIpc) is 2.93. The molecule has 5 heteroatoms. The molecule has 0 heterocycles. The Bertz CT molecular complexity index is 531. The number of carbonyl (C=O) groups excluding carboxylic acids is 1. The zero-order valence-electron chi connectivity index (χ0n) is 13.5. The van der Waals surface area contributed by atoms with Crippen LogP contribution in [0.3, 0.4) is 0 Å². The molecule has 2 aliphatic rings. The minimum absolute atomic E-state index is 0.190. The van der Waals surface area contributed by atoms with Crippen LogP contribution >= 0.6 is 0 Å². The highest BCUT2D eigenvalue weighted by Gasteiger charge is 2.25. The molecule has 1 aromatic carbocycles. The Hall–Kier alpha value is -1.75. The van der Waals surface area contributed by atoms with Crippen LogP contribution in [-0.4, -0.2) is 29.9 Å². The third-order valence-electron chi connectivity index (χ3n) is 4.90. The van der Waals surface area contributed by atoms with Gasteiger partial charge in [0.25, 0.3) is 0 Å². The zero-order valence-corrected chi connectivity index (χ0v) is 13.5. The first-order chi connectivity index (χ1) is 11.2. The average molecular weight is 318 g/mol. The number of para-hydroxylation sites is 1. The molecule has 3 N–H and O–H groups in total. The predicted molar refractivity (Wildman–Crippen MR) is 88.3 cm³/mol. The van der Waals surface area contributed by atoms with E-state index in [0.717, 1.165) is 43.4 Å². The molecular weight excluding hydrogens is 292 g/mol. The molecule has 5 nitrogen and oxygen atoms in total. The van der Waals surface area contributed by atoms with Crippen LogP contribution in [0.1, 0.15) is 44.1 Å². The highest BCUT2D eigenvalue weighted by Crippen LogP contribution is 2.27. The molecule has 0 saturated heterocycles. The summed E-state index contributed by atoms with van der Waals surface area (Å²) in [4.78, 5) is 11.9.